The van der Waals surface area contributed by atoms with Crippen molar-refractivity contribution in [3.63, 3.8) is 0 Å². The third kappa shape index (κ3) is 4.94. The molecule has 0 heterocycles. The van der Waals surface area contributed by atoms with Crippen molar-refractivity contribution >= 4 is 6.03 Å². The number of aliphatic hydroxyl groups is 1. The van der Waals surface area contributed by atoms with Gasteiger partial charge in [-0.15, -0.1) is 0 Å². The molecule has 0 unspecified atom stereocenters. The van der Waals surface area contributed by atoms with Crippen LogP contribution in [0.15, 0.2) is 24.3 Å². The normalized spacial score (nSPS) is 25.2. The molecule has 2 aliphatic carbocycles. The number of rotatable bonds is 4. The summed E-state index contributed by atoms with van der Waals surface area (Å²) < 4.78 is 39.3. The monoisotopic (exact) mass is 384 g/mol. The molecule has 3 rings (SSSR count). The molecule has 7 heteroatoms. The number of carbonyl (C=O) groups is 1. The number of alkyl halides is 3. The number of halogens is 3. The van der Waals surface area contributed by atoms with Crippen LogP contribution in [0.25, 0.3) is 0 Å². The van der Waals surface area contributed by atoms with Gasteiger partial charge in [0, 0.05) is 18.0 Å². The van der Waals surface area contributed by atoms with Gasteiger partial charge in [-0.25, -0.2) is 4.79 Å². The lowest BCUT2D eigenvalue weighted by Crippen LogP contribution is -2.48. The molecule has 27 heavy (non-hydrogen) atoms. The fraction of sp³-hybridized carbons (Fsp3) is 0.650. The van der Waals surface area contributed by atoms with Crippen LogP contribution < -0.4 is 10.6 Å². The van der Waals surface area contributed by atoms with Crippen LogP contribution in [-0.2, 0) is 11.6 Å². The molecular formula is C20H27F3N2O2. The number of hydrogen-bond donors (Lipinski definition) is 3. The van der Waals surface area contributed by atoms with E-state index in [0.29, 0.717) is 24.9 Å². The van der Waals surface area contributed by atoms with Crippen LogP contribution >= 0.6 is 0 Å². The Bertz CT molecular complexity index is 649. The van der Waals surface area contributed by atoms with E-state index in [2.05, 4.69) is 10.6 Å². The summed E-state index contributed by atoms with van der Waals surface area (Å²) in [5.41, 5.74) is -0.436. The Labute approximate surface area is 157 Å². The molecular weight excluding hydrogens is 357 g/mol. The van der Waals surface area contributed by atoms with E-state index < -0.39 is 17.2 Å². The Hall–Kier alpha value is -1.76. The van der Waals surface area contributed by atoms with Crippen molar-refractivity contribution < 1.29 is 23.1 Å². The lowest BCUT2D eigenvalue weighted by Gasteiger charge is -2.31. The van der Waals surface area contributed by atoms with Gasteiger partial charge in [0.05, 0.1) is 11.7 Å². The molecule has 1 aromatic carbocycles. The molecule has 2 aliphatic rings. The molecule has 0 saturated heterocycles. The quantitative estimate of drug-likeness (QED) is 0.731. The molecule has 0 aliphatic heterocycles. The van der Waals surface area contributed by atoms with Crippen LogP contribution in [0.2, 0.25) is 0 Å². The number of amides is 2. The summed E-state index contributed by atoms with van der Waals surface area (Å²) in [5.74, 6) is 0. The number of benzene rings is 1. The minimum Gasteiger partial charge on any atom is -0.393 e. The molecule has 0 bridgehead atoms. The van der Waals surface area contributed by atoms with Crippen molar-refractivity contribution in [2.75, 3.05) is 6.54 Å². The predicted molar refractivity (Wildman–Crippen MR) is 96.4 cm³/mol. The molecule has 2 saturated carbocycles. The van der Waals surface area contributed by atoms with Gasteiger partial charge in [-0.1, -0.05) is 31.0 Å². The van der Waals surface area contributed by atoms with E-state index in [0.717, 1.165) is 44.6 Å². The minimum atomic E-state index is -4.37. The van der Waals surface area contributed by atoms with Gasteiger partial charge in [-0.2, -0.15) is 13.2 Å². The minimum absolute atomic E-state index is 0.0430. The van der Waals surface area contributed by atoms with Crippen LogP contribution in [0.4, 0.5) is 18.0 Å². The molecule has 0 atom stereocenters. The van der Waals surface area contributed by atoms with Gasteiger partial charge in [0.2, 0.25) is 0 Å². The third-order valence-corrected chi connectivity index (χ3v) is 5.98. The topological polar surface area (TPSA) is 61.4 Å². The standard InChI is InChI=1S/C20H27F3N2O2/c21-20(22,23)15-5-3-4-14(12-15)19(10-1-2-11-19)13-24-18(27)25-16-6-8-17(26)9-7-16/h3-5,12,16-17,26H,1-2,6-11,13H2,(H2,24,25,27). The highest BCUT2D eigenvalue weighted by Crippen LogP contribution is 2.42. The van der Waals surface area contributed by atoms with E-state index in [-0.39, 0.29) is 18.2 Å². The molecule has 150 valence electrons. The van der Waals surface area contributed by atoms with Crippen molar-refractivity contribution in [3.8, 4) is 0 Å². The second kappa shape index (κ2) is 8.09. The number of carbonyl (C=O) groups excluding carboxylic acids is 1. The van der Waals surface area contributed by atoms with Crippen molar-refractivity contribution in [2.45, 2.75) is 75.1 Å². The van der Waals surface area contributed by atoms with Crippen LogP contribution in [0, 0.1) is 0 Å². The maximum atomic E-state index is 13.1. The van der Waals surface area contributed by atoms with Crippen LogP contribution in [-0.4, -0.2) is 29.8 Å². The largest absolute Gasteiger partial charge is 0.416 e. The third-order valence-electron chi connectivity index (χ3n) is 5.98. The fourth-order valence-corrected chi connectivity index (χ4v) is 4.35. The maximum absolute atomic E-state index is 13.1. The second-order valence-corrected chi connectivity index (χ2v) is 7.90. The number of aliphatic hydroxyl groups excluding tert-OH is 1. The first-order valence-corrected chi connectivity index (χ1v) is 9.69. The van der Waals surface area contributed by atoms with E-state index in [1.54, 1.807) is 6.07 Å². The Morgan fingerprint density at radius 2 is 1.81 bits per heavy atom. The Morgan fingerprint density at radius 1 is 1.15 bits per heavy atom. The summed E-state index contributed by atoms with van der Waals surface area (Å²) in [4.78, 5) is 12.3. The van der Waals surface area contributed by atoms with Gasteiger partial charge in [0.1, 0.15) is 0 Å². The van der Waals surface area contributed by atoms with Crippen molar-refractivity contribution in [1.82, 2.24) is 10.6 Å². The molecule has 0 radical (unpaired) electrons. The lowest BCUT2D eigenvalue weighted by molar-refractivity contribution is -0.137. The first kappa shape index (κ1) is 20.0. The molecule has 2 fully saturated rings. The Kier molecular flexibility index (Phi) is 5.99. The van der Waals surface area contributed by atoms with Gasteiger partial charge >= 0.3 is 12.2 Å². The molecule has 0 spiro atoms. The summed E-state index contributed by atoms with van der Waals surface area (Å²) in [5, 5.41) is 15.4. The lowest BCUT2D eigenvalue weighted by atomic mass is 9.78. The van der Waals surface area contributed by atoms with Gasteiger partial charge in [-0.05, 0) is 50.2 Å². The molecule has 2 amide bonds. The van der Waals surface area contributed by atoms with Crippen molar-refractivity contribution in [1.29, 1.82) is 0 Å². The van der Waals surface area contributed by atoms with Gasteiger partial charge in [0.15, 0.2) is 0 Å². The highest BCUT2D eigenvalue weighted by molar-refractivity contribution is 5.74. The average Bonchev–Trinajstić information content (AvgIpc) is 3.12. The number of urea groups is 1. The van der Waals surface area contributed by atoms with E-state index in [9.17, 15) is 23.1 Å². The Balaban J connectivity index is 1.64. The predicted octanol–water partition coefficient (Wildman–Crippen LogP) is 4.12. The zero-order valence-electron chi connectivity index (χ0n) is 15.3. The van der Waals surface area contributed by atoms with E-state index >= 15 is 0 Å². The smallest absolute Gasteiger partial charge is 0.393 e. The van der Waals surface area contributed by atoms with Crippen LogP contribution in [0.3, 0.4) is 0 Å². The Morgan fingerprint density at radius 3 is 2.44 bits per heavy atom. The zero-order chi connectivity index (χ0) is 19.5. The zero-order valence-corrected chi connectivity index (χ0v) is 15.3. The molecule has 0 aromatic heterocycles. The first-order valence-electron chi connectivity index (χ1n) is 9.69. The SMILES string of the molecule is O=C(NCC1(c2cccc(C(F)(F)F)c2)CCCC1)NC1CCC(O)CC1. The molecule has 4 nitrogen and oxygen atoms in total. The maximum Gasteiger partial charge on any atom is 0.416 e. The second-order valence-electron chi connectivity index (χ2n) is 7.90. The van der Waals surface area contributed by atoms with E-state index in [4.69, 9.17) is 0 Å². The average molecular weight is 384 g/mol. The van der Waals surface area contributed by atoms with Gasteiger partial charge < -0.3 is 15.7 Å². The molecule has 1 aromatic rings. The first-order chi connectivity index (χ1) is 12.8. The summed E-state index contributed by atoms with van der Waals surface area (Å²) >= 11 is 0. The number of nitrogens with one attached hydrogen (secondary N) is 2. The van der Waals surface area contributed by atoms with Crippen LogP contribution in [0.5, 0.6) is 0 Å². The highest BCUT2D eigenvalue weighted by Gasteiger charge is 2.38. The van der Waals surface area contributed by atoms with Crippen molar-refractivity contribution in [3.05, 3.63) is 35.4 Å². The summed E-state index contributed by atoms with van der Waals surface area (Å²) in [7, 11) is 0. The van der Waals surface area contributed by atoms with Gasteiger partial charge in [0.25, 0.3) is 0 Å². The van der Waals surface area contributed by atoms with Crippen LogP contribution in [0.1, 0.15) is 62.5 Å². The number of hydrogen-bond acceptors (Lipinski definition) is 2. The fourth-order valence-electron chi connectivity index (χ4n) is 4.35. The summed E-state index contributed by atoms with van der Waals surface area (Å²) in [6.45, 7) is 0.329. The van der Waals surface area contributed by atoms with Gasteiger partial charge in [-0.3, -0.25) is 0 Å². The van der Waals surface area contributed by atoms with Crippen molar-refractivity contribution in [2.24, 2.45) is 0 Å². The summed E-state index contributed by atoms with van der Waals surface area (Å²) in [6, 6.07) is 5.27. The van der Waals surface area contributed by atoms with E-state index in [1.807, 2.05) is 0 Å². The highest BCUT2D eigenvalue weighted by atomic mass is 19.4. The molecule has 3 N–H and O–H groups in total. The summed E-state index contributed by atoms with van der Waals surface area (Å²) in [6.07, 6.45) is 1.62. The van der Waals surface area contributed by atoms with E-state index in [1.165, 1.54) is 12.1 Å².